The lowest BCUT2D eigenvalue weighted by Gasteiger charge is -2.41. The molecular weight excluding hydrogens is 232 g/mol. The smallest absolute Gasteiger partial charge is 0.0167 e. The monoisotopic (exact) mass is 258 g/mol. The standard InChI is InChI=1S/C17H26N2/c1-14-13-19(12-11-18-14)17-9-7-16(8-10-17)15-5-3-2-4-6-15/h2-6,14,16-18H,7-13H2,1H3. The molecule has 0 bridgehead atoms. The molecule has 2 nitrogen and oxygen atoms in total. The molecule has 1 saturated heterocycles. The summed E-state index contributed by atoms with van der Waals surface area (Å²) in [7, 11) is 0. The lowest BCUT2D eigenvalue weighted by Crippen LogP contribution is -2.53. The van der Waals surface area contributed by atoms with E-state index in [1.807, 2.05) is 0 Å². The summed E-state index contributed by atoms with van der Waals surface area (Å²) < 4.78 is 0. The van der Waals surface area contributed by atoms with Gasteiger partial charge in [0.25, 0.3) is 0 Å². The zero-order chi connectivity index (χ0) is 13.1. The summed E-state index contributed by atoms with van der Waals surface area (Å²) in [5.41, 5.74) is 1.55. The van der Waals surface area contributed by atoms with Crippen LogP contribution in [-0.2, 0) is 0 Å². The molecule has 1 N–H and O–H groups in total. The molecule has 1 atom stereocenters. The summed E-state index contributed by atoms with van der Waals surface area (Å²) in [4.78, 5) is 2.72. The van der Waals surface area contributed by atoms with Gasteiger partial charge in [-0.15, -0.1) is 0 Å². The Kier molecular flexibility index (Phi) is 4.19. The van der Waals surface area contributed by atoms with E-state index in [1.54, 1.807) is 5.56 Å². The van der Waals surface area contributed by atoms with Crippen molar-refractivity contribution in [3.05, 3.63) is 35.9 Å². The third-order valence-electron chi connectivity index (χ3n) is 4.88. The van der Waals surface area contributed by atoms with Crippen molar-refractivity contribution in [2.45, 2.75) is 50.6 Å². The maximum atomic E-state index is 3.54. The van der Waals surface area contributed by atoms with Crippen molar-refractivity contribution in [2.75, 3.05) is 19.6 Å². The van der Waals surface area contributed by atoms with Crippen LogP contribution in [-0.4, -0.2) is 36.6 Å². The normalized spacial score (nSPS) is 33.2. The Morgan fingerprint density at radius 3 is 2.47 bits per heavy atom. The number of piperazine rings is 1. The average molecular weight is 258 g/mol. The fourth-order valence-electron chi connectivity index (χ4n) is 3.79. The van der Waals surface area contributed by atoms with E-state index in [4.69, 9.17) is 0 Å². The number of nitrogens with zero attached hydrogens (tertiary/aromatic N) is 1. The Labute approximate surface area is 117 Å². The minimum atomic E-state index is 0.667. The molecule has 0 amide bonds. The van der Waals surface area contributed by atoms with E-state index in [0.29, 0.717) is 6.04 Å². The summed E-state index contributed by atoms with van der Waals surface area (Å²) in [6.07, 6.45) is 5.50. The summed E-state index contributed by atoms with van der Waals surface area (Å²) in [6.45, 7) is 5.95. The highest BCUT2D eigenvalue weighted by Gasteiger charge is 2.28. The van der Waals surface area contributed by atoms with Gasteiger partial charge >= 0.3 is 0 Å². The fraction of sp³-hybridized carbons (Fsp3) is 0.647. The van der Waals surface area contributed by atoms with Gasteiger partial charge in [-0.05, 0) is 44.1 Å². The summed E-state index contributed by atoms with van der Waals surface area (Å²) >= 11 is 0. The van der Waals surface area contributed by atoms with E-state index in [-0.39, 0.29) is 0 Å². The first-order chi connectivity index (χ1) is 9.33. The topological polar surface area (TPSA) is 15.3 Å². The highest BCUT2D eigenvalue weighted by Crippen LogP contribution is 2.34. The third kappa shape index (κ3) is 3.18. The van der Waals surface area contributed by atoms with E-state index >= 15 is 0 Å². The van der Waals surface area contributed by atoms with E-state index < -0.39 is 0 Å². The van der Waals surface area contributed by atoms with Gasteiger partial charge in [-0.1, -0.05) is 30.3 Å². The predicted molar refractivity (Wildman–Crippen MR) is 80.5 cm³/mol. The average Bonchev–Trinajstić information content (AvgIpc) is 2.48. The van der Waals surface area contributed by atoms with Crippen LogP contribution in [0.25, 0.3) is 0 Å². The van der Waals surface area contributed by atoms with Gasteiger partial charge in [0.05, 0.1) is 0 Å². The highest BCUT2D eigenvalue weighted by molar-refractivity contribution is 5.20. The molecule has 1 unspecified atom stereocenters. The molecule has 2 heteroatoms. The first-order valence-electron chi connectivity index (χ1n) is 7.85. The molecule has 1 aromatic rings. The Morgan fingerprint density at radius 1 is 1.05 bits per heavy atom. The molecule has 0 spiro atoms. The van der Waals surface area contributed by atoms with Crippen LogP contribution in [0.1, 0.15) is 44.1 Å². The molecular formula is C17H26N2. The van der Waals surface area contributed by atoms with Crippen LogP contribution in [0.4, 0.5) is 0 Å². The Morgan fingerprint density at radius 2 is 1.79 bits per heavy atom. The van der Waals surface area contributed by atoms with Crippen LogP contribution in [0, 0.1) is 0 Å². The Balaban J connectivity index is 1.54. The summed E-state index contributed by atoms with van der Waals surface area (Å²) in [5.74, 6) is 0.804. The molecule has 1 saturated carbocycles. The molecule has 2 fully saturated rings. The van der Waals surface area contributed by atoms with Crippen LogP contribution >= 0.6 is 0 Å². The third-order valence-corrected chi connectivity index (χ3v) is 4.88. The molecule has 1 aromatic carbocycles. The lowest BCUT2D eigenvalue weighted by molar-refractivity contribution is 0.115. The fourth-order valence-corrected chi connectivity index (χ4v) is 3.79. The van der Waals surface area contributed by atoms with Gasteiger partial charge in [0, 0.05) is 31.7 Å². The van der Waals surface area contributed by atoms with Crippen molar-refractivity contribution in [3.8, 4) is 0 Å². The van der Waals surface area contributed by atoms with Gasteiger partial charge in [0.15, 0.2) is 0 Å². The van der Waals surface area contributed by atoms with Gasteiger partial charge < -0.3 is 5.32 Å². The maximum absolute atomic E-state index is 3.54. The zero-order valence-electron chi connectivity index (χ0n) is 12.0. The number of hydrogen-bond acceptors (Lipinski definition) is 2. The van der Waals surface area contributed by atoms with Crippen molar-refractivity contribution in [2.24, 2.45) is 0 Å². The molecule has 19 heavy (non-hydrogen) atoms. The van der Waals surface area contributed by atoms with E-state index in [2.05, 4.69) is 47.5 Å². The first kappa shape index (κ1) is 13.1. The van der Waals surface area contributed by atoms with Crippen molar-refractivity contribution in [1.82, 2.24) is 10.2 Å². The second kappa shape index (κ2) is 6.06. The molecule has 0 aromatic heterocycles. The van der Waals surface area contributed by atoms with Crippen molar-refractivity contribution in [3.63, 3.8) is 0 Å². The quantitative estimate of drug-likeness (QED) is 0.877. The van der Waals surface area contributed by atoms with E-state index in [0.717, 1.165) is 12.0 Å². The number of hydrogen-bond donors (Lipinski definition) is 1. The molecule has 1 aliphatic heterocycles. The van der Waals surface area contributed by atoms with Crippen molar-refractivity contribution >= 4 is 0 Å². The zero-order valence-corrected chi connectivity index (χ0v) is 12.0. The van der Waals surface area contributed by atoms with Crippen molar-refractivity contribution in [1.29, 1.82) is 0 Å². The maximum Gasteiger partial charge on any atom is 0.0167 e. The second-order valence-corrected chi connectivity index (χ2v) is 6.27. The van der Waals surface area contributed by atoms with Gasteiger partial charge in [-0.3, -0.25) is 4.90 Å². The van der Waals surface area contributed by atoms with Crippen molar-refractivity contribution < 1.29 is 0 Å². The predicted octanol–water partition coefficient (Wildman–Crippen LogP) is 3.01. The Bertz CT molecular complexity index is 382. The largest absolute Gasteiger partial charge is 0.312 e. The van der Waals surface area contributed by atoms with Gasteiger partial charge in [-0.2, -0.15) is 0 Å². The van der Waals surface area contributed by atoms with Crippen LogP contribution in [0.15, 0.2) is 30.3 Å². The summed E-state index contributed by atoms with van der Waals surface area (Å²) in [5, 5.41) is 3.54. The minimum Gasteiger partial charge on any atom is -0.312 e. The number of nitrogens with one attached hydrogen (secondary N) is 1. The van der Waals surface area contributed by atoms with Crippen LogP contribution in [0.5, 0.6) is 0 Å². The van der Waals surface area contributed by atoms with E-state index in [9.17, 15) is 0 Å². The first-order valence-corrected chi connectivity index (χ1v) is 7.85. The molecule has 104 valence electrons. The molecule has 1 aliphatic carbocycles. The Hall–Kier alpha value is -0.860. The second-order valence-electron chi connectivity index (χ2n) is 6.27. The number of benzene rings is 1. The van der Waals surface area contributed by atoms with Crippen LogP contribution in [0.2, 0.25) is 0 Å². The number of rotatable bonds is 2. The highest BCUT2D eigenvalue weighted by atomic mass is 15.2. The minimum absolute atomic E-state index is 0.667. The molecule has 3 rings (SSSR count). The van der Waals surface area contributed by atoms with E-state index in [1.165, 1.54) is 45.3 Å². The van der Waals surface area contributed by atoms with Crippen LogP contribution in [0.3, 0.4) is 0 Å². The molecule has 1 heterocycles. The molecule has 2 aliphatic rings. The van der Waals surface area contributed by atoms with Gasteiger partial charge in [0.1, 0.15) is 0 Å². The van der Waals surface area contributed by atoms with Crippen LogP contribution < -0.4 is 5.32 Å². The van der Waals surface area contributed by atoms with Gasteiger partial charge in [0.2, 0.25) is 0 Å². The molecule has 0 radical (unpaired) electrons. The lowest BCUT2D eigenvalue weighted by atomic mass is 9.81. The summed E-state index contributed by atoms with van der Waals surface area (Å²) in [6, 6.07) is 12.6. The van der Waals surface area contributed by atoms with Gasteiger partial charge in [-0.25, -0.2) is 0 Å². The SMILES string of the molecule is CC1CN(C2CCC(c3ccccc3)CC2)CCN1.